The van der Waals surface area contributed by atoms with E-state index in [0.29, 0.717) is 17.5 Å². The number of hydrogen-bond donors (Lipinski definition) is 0. The lowest BCUT2D eigenvalue weighted by Crippen LogP contribution is -2.28. The first kappa shape index (κ1) is 35.7. The van der Waals surface area contributed by atoms with Crippen LogP contribution in [0.2, 0.25) is 0 Å². The molecule has 0 saturated carbocycles. The summed E-state index contributed by atoms with van der Waals surface area (Å²) in [5.41, 5.74) is 16.2. The predicted octanol–water partition coefficient (Wildman–Crippen LogP) is 14.5. The lowest BCUT2D eigenvalue weighted by atomic mass is 9.67. The largest absolute Gasteiger partial charge is 0.456 e. The number of nitrogens with zero attached hydrogens (tertiary/aromatic N) is 3. The first-order valence-electron chi connectivity index (χ1n) is 21.0. The van der Waals surface area contributed by atoms with Crippen LogP contribution in [0, 0.1) is 0 Å². The molecule has 11 aromatic rings. The van der Waals surface area contributed by atoms with Gasteiger partial charge in [0, 0.05) is 27.5 Å². The minimum Gasteiger partial charge on any atom is -0.456 e. The van der Waals surface area contributed by atoms with Crippen molar-refractivity contribution in [1.29, 1.82) is 0 Å². The maximum absolute atomic E-state index is 6.31. The summed E-state index contributed by atoms with van der Waals surface area (Å²) < 4.78 is 6.31. The summed E-state index contributed by atoms with van der Waals surface area (Å²) in [5, 5.41) is 2.26. The van der Waals surface area contributed by atoms with Crippen LogP contribution in [-0.4, -0.2) is 15.0 Å². The van der Waals surface area contributed by atoms with E-state index in [-0.39, 0.29) is 0 Å². The zero-order valence-corrected chi connectivity index (χ0v) is 33.6. The smallest absolute Gasteiger partial charge is 0.164 e. The van der Waals surface area contributed by atoms with Crippen molar-refractivity contribution in [1.82, 2.24) is 15.0 Å². The molecular weight excluding hydrogens is 755 g/mol. The Morgan fingerprint density at radius 3 is 1.32 bits per heavy atom. The molecule has 12 rings (SSSR count). The Kier molecular flexibility index (Phi) is 8.36. The molecule has 0 N–H and O–H groups in total. The van der Waals surface area contributed by atoms with Crippen molar-refractivity contribution in [3.63, 3.8) is 0 Å². The summed E-state index contributed by atoms with van der Waals surface area (Å²) in [5.74, 6) is 1.94. The summed E-state index contributed by atoms with van der Waals surface area (Å²) in [4.78, 5) is 14.7. The van der Waals surface area contributed by atoms with E-state index < -0.39 is 5.41 Å². The molecule has 0 aliphatic heterocycles. The van der Waals surface area contributed by atoms with Crippen LogP contribution in [0.1, 0.15) is 22.3 Å². The van der Waals surface area contributed by atoms with Gasteiger partial charge in [0.05, 0.1) is 5.41 Å². The normalized spacial score (nSPS) is 12.6. The standard InChI is InChI=1S/C58H37N3O/c1-3-14-40(15-4-1)55-59-56(41-16-5-2-6-17-41)61-57(60-55)42-28-26-38(27-29-42)43-18-13-19-44(36-43)39-30-32-45(33-31-39)58(51-23-10-7-20-47(51)48-21-8-11-24-52(48)58)46-34-35-54-50(37-46)49-22-9-12-25-53(49)62-54/h1-37H. The van der Waals surface area contributed by atoms with Gasteiger partial charge in [0.25, 0.3) is 0 Å². The van der Waals surface area contributed by atoms with Crippen LogP contribution in [0.5, 0.6) is 0 Å². The molecule has 0 bridgehead atoms. The molecule has 0 unspecified atom stereocenters. The highest BCUT2D eigenvalue weighted by Crippen LogP contribution is 2.56. The highest BCUT2D eigenvalue weighted by atomic mass is 16.3. The molecule has 0 atom stereocenters. The third-order valence-electron chi connectivity index (χ3n) is 12.5. The van der Waals surface area contributed by atoms with Gasteiger partial charge >= 0.3 is 0 Å². The van der Waals surface area contributed by atoms with E-state index >= 15 is 0 Å². The van der Waals surface area contributed by atoms with Crippen LogP contribution >= 0.6 is 0 Å². The summed E-state index contributed by atoms with van der Waals surface area (Å²) in [6, 6.07) is 79.6. The molecule has 0 spiro atoms. The van der Waals surface area contributed by atoms with Gasteiger partial charge in [-0.3, -0.25) is 0 Å². The molecule has 2 aromatic heterocycles. The number of hydrogen-bond acceptors (Lipinski definition) is 4. The second kappa shape index (κ2) is 14.5. The summed E-state index contributed by atoms with van der Waals surface area (Å²) >= 11 is 0. The number of fused-ring (bicyclic) bond motifs is 6. The maximum Gasteiger partial charge on any atom is 0.164 e. The minimum atomic E-state index is -0.524. The Balaban J connectivity index is 0.914. The van der Waals surface area contributed by atoms with Gasteiger partial charge < -0.3 is 4.42 Å². The van der Waals surface area contributed by atoms with Crippen molar-refractivity contribution < 1.29 is 4.42 Å². The lowest BCUT2D eigenvalue weighted by molar-refractivity contribution is 0.668. The first-order chi connectivity index (χ1) is 30.7. The summed E-state index contributed by atoms with van der Waals surface area (Å²) in [6.07, 6.45) is 0. The second-order valence-electron chi connectivity index (χ2n) is 15.9. The predicted molar refractivity (Wildman–Crippen MR) is 252 cm³/mol. The van der Waals surface area contributed by atoms with Gasteiger partial charge in [-0.05, 0) is 79.9 Å². The van der Waals surface area contributed by atoms with Crippen LogP contribution < -0.4 is 0 Å². The van der Waals surface area contributed by atoms with Crippen molar-refractivity contribution in [2.24, 2.45) is 0 Å². The minimum absolute atomic E-state index is 0.524. The van der Waals surface area contributed by atoms with Gasteiger partial charge in [-0.2, -0.15) is 0 Å². The average molecular weight is 792 g/mol. The first-order valence-corrected chi connectivity index (χ1v) is 21.0. The zero-order valence-electron chi connectivity index (χ0n) is 33.6. The fourth-order valence-corrected chi connectivity index (χ4v) is 9.52. The van der Waals surface area contributed by atoms with E-state index in [1.807, 2.05) is 72.8 Å². The van der Waals surface area contributed by atoms with E-state index in [1.165, 1.54) is 33.4 Å². The van der Waals surface area contributed by atoms with Gasteiger partial charge in [0.1, 0.15) is 11.2 Å². The number of aromatic nitrogens is 3. The molecule has 2 heterocycles. The highest BCUT2D eigenvalue weighted by Gasteiger charge is 2.46. The van der Waals surface area contributed by atoms with Gasteiger partial charge in [0.2, 0.25) is 0 Å². The zero-order chi connectivity index (χ0) is 41.0. The number of rotatable bonds is 7. The molecule has 1 aliphatic rings. The van der Waals surface area contributed by atoms with Crippen molar-refractivity contribution in [3.05, 3.63) is 247 Å². The molecule has 62 heavy (non-hydrogen) atoms. The van der Waals surface area contributed by atoms with Gasteiger partial charge in [-0.15, -0.1) is 0 Å². The number of furan rings is 1. The molecule has 0 amide bonds. The average Bonchev–Trinajstić information content (AvgIpc) is 3.88. The molecule has 0 saturated heterocycles. The van der Waals surface area contributed by atoms with Crippen LogP contribution in [0.15, 0.2) is 229 Å². The van der Waals surface area contributed by atoms with E-state index in [9.17, 15) is 0 Å². The van der Waals surface area contributed by atoms with E-state index in [0.717, 1.165) is 60.9 Å². The van der Waals surface area contributed by atoms with Gasteiger partial charge in [0.15, 0.2) is 17.5 Å². The van der Waals surface area contributed by atoms with Crippen molar-refractivity contribution in [3.8, 4) is 67.5 Å². The molecule has 4 heteroatoms. The van der Waals surface area contributed by atoms with E-state index in [4.69, 9.17) is 19.4 Å². The SMILES string of the molecule is c1ccc(-c2nc(-c3ccccc3)nc(-c3ccc(-c4cccc(-c5ccc(C6(c7ccc8oc9ccccc9c8c7)c7ccccc7-c7ccccc76)cc5)c4)cc3)n2)cc1. The van der Waals surface area contributed by atoms with E-state index in [2.05, 4.69) is 152 Å². The Hall–Kier alpha value is -8.21. The number of para-hydroxylation sites is 1. The molecule has 0 fully saturated rings. The van der Waals surface area contributed by atoms with Crippen LogP contribution in [0.25, 0.3) is 89.5 Å². The fraction of sp³-hybridized carbons (Fsp3) is 0.0172. The van der Waals surface area contributed by atoms with Gasteiger partial charge in [-0.25, -0.2) is 15.0 Å². The molecule has 9 aromatic carbocycles. The Labute approximate surface area is 359 Å². The Bertz CT molecular complexity index is 3340. The van der Waals surface area contributed by atoms with Crippen molar-refractivity contribution >= 4 is 21.9 Å². The fourth-order valence-electron chi connectivity index (χ4n) is 9.52. The Morgan fingerprint density at radius 1 is 0.290 bits per heavy atom. The van der Waals surface area contributed by atoms with Crippen LogP contribution in [-0.2, 0) is 5.41 Å². The molecule has 290 valence electrons. The van der Waals surface area contributed by atoms with Gasteiger partial charge in [-0.1, -0.05) is 200 Å². The summed E-state index contributed by atoms with van der Waals surface area (Å²) in [6.45, 7) is 0. The topological polar surface area (TPSA) is 51.8 Å². The van der Waals surface area contributed by atoms with Crippen LogP contribution in [0.4, 0.5) is 0 Å². The maximum atomic E-state index is 6.31. The number of benzene rings is 9. The molecule has 1 aliphatic carbocycles. The molecular formula is C58H37N3O. The monoisotopic (exact) mass is 791 g/mol. The van der Waals surface area contributed by atoms with E-state index in [1.54, 1.807) is 0 Å². The Morgan fingerprint density at radius 2 is 0.726 bits per heavy atom. The second-order valence-corrected chi connectivity index (χ2v) is 15.9. The third kappa shape index (κ3) is 5.80. The lowest BCUT2D eigenvalue weighted by Gasteiger charge is -2.34. The third-order valence-corrected chi connectivity index (χ3v) is 12.5. The van der Waals surface area contributed by atoms with Crippen molar-refractivity contribution in [2.45, 2.75) is 5.41 Å². The molecule has 0 radical (unpaired) electrons. The van der Waals surface area contributed by atoms with Crippen molar-refractivity contribution in [2.75, 3.05) is 0 Å². The van der Waals surface area contributed by atoms with Crippen LogP contribution in [0.3, 0.4) is 0 Å². The highest BCUT2D eigenvalue weighted by molar-refractivity contribution is 6.05. The molecule has 4 nitrogen and oxygen atoms in total. The quantitative estimate of drug-likeness (QED) is 0.161. The summed E-state index contributed by atoms with van der Waals surface area (Å²) in [7, 11) is 0.